The molecule has 0 aromatic heterocycles. The number of carbonyl (C=O) groups is 2. The molecule has 0 spiro atoms. The van der Waals surface area contributed by atoms with E-state index in [-0.39, 0.29) is 35.1 Å². The van der Waals surface area contributed by atoms with Crippen LogP contribution < -0.4 is 9.64 Å². The third-order valence-electron chi connectivity index (χ3n) is 4.92. The number of anilines is 1. The number of para-hydroxylation sites is 2. The first kappa shape index (κ1) is 24.6. The first-order chi connectivity index (χ1) is 13.8. The van der Waals surface area contributed by atoms with Gasteiger partial charge in [0.2, 0.25) is 5.91 Å². The summed E-state index contributed by atoms with van der Waals surface area (Å²) in [5, 5.41) is -0.157. The van der Waals surface area contributed by atoms with E-state index in [1.165, 1.54) is 4.90 Å². The van der Waals surface area contributed by atoms with Gasteiger partial charge in [0.15, 0.2) is 6.61 Å². The van der Waals surface area contributed by atoms with Crippen LogP contribution in [0.25, 0.3) is 0 Å². The Kier molecular flexibility index (Phi) is 9.11. The van der Waals surface area contributed by atoms with E-state index in [0.717, 1.165) is 44.2 Å². The molecule has 0 unspecified atom stereocenters. The van der Waals surface area contributed by atoms with Gasteiger partial charge in [0.25, 0.3) is 5.24 Å². The lowest BCUT2D eigenvalue weighted by atomic mass is 10.2. The van der Waals surface area contributed by atoms with Crippen molar-refractivity contribution in [1.82, 2.24) is 9.80 Å². The predicted molar refractivity (Wildman–Crippen MR) is 113 cm³/mol. The van der Waals surface area contributed by atoms with Gasteiger partial charge in [0, 0.05) is 32.7 Å². The highest BCUT2D eigenvalue weighted by Crippen LogP contribution is 2.30. The SMILES string of the molecule is Cl.O=C1CSC(=O)N1CCCCN1CCN(c2ccccc2OCC(F)(F)F)CC1. The average molecular weight is 468 g/mol. The van der Waals surface area contributed by atoms with E-state index in [9.17, 15) is 22.8 Å². The maximum absolute atomic E-state index is 12.5. The second-order valence-electron chi connectivity index (χ2n) is 7.01. The van der Waals surface area contributed by atoms with Gasteiger partial charge in [-0.3, -0.25) is 19.4 Å². The van der Waals surface area contributed by atoms with Crippen molar-refractivity contribution in [3.8, 4) is 5.75 Å². The lowest BCUT2D eigenvalue weighted by Gasteiger charge is -2.36. The molecule has 0 atom stereocenters. The Morgan fingerprint density at radius 2 is 1.67 bits per heavy atom. The van der Waals surface area contributed by atoms with Gasteiger partial charge in [-0.1, -0.05) is 23.9 Å². The summed E-state index contributed by atoms with van der Waals surface area (Å²) in [5.74, 6) is 0.380. The standard InChI is InChI=1S/C19H24F3N3O3S.ClH/c20-19(21,22)14-28-16-6-2-1-5-15(16)24-11-9-23(10-12-24)7-3-4-8-25-17(26)13-29-18(25)27;/h1-2,5-6H,3-4,7-14H2;1H. The summed E-state index contributed by atoms with van der Waals surface area (Å²) in [4.78, 5) is 28.8. The van der Waals surface area contributed by atoms with E-state index >= 15 is 0 Å². The van der Waals surface area contributed by atoms with Crippen LogP contribution in [0.5, 0.6) is 5.75 Å². The molecule has 2 saturated heterocycles. The molecule has 11 heteroatoms. The number of amides is 2. The number of hydrogen-bond acceptors (Lipinski definition) is 6. The van der Waals surface area contributed by atoms with Gasteiger partial charge in [0.1, 0.15) is 5.75 Å². The van der Waals surface area contributed by atoms with Crippen molar-refractivity contribution in [3.63, 3.8) is 0 Å². The van der Waals surface area contributed by atoms with E-state index < -0.39 is 12.8 Å². The summed E-state index contributed by atoms with van der Waals surface area (Å²) < 4.78 is 42.4. The Bertz CT molecular complexity index is 714. The van der Waals surface area contributed by atoms with Gasteiger partial charge in [-0.25, -0.2) is 0 Å². The van der Waals surface area contributed by atoms with Crippen molar-refractivity contribution in [1.29, 1.82) is 0 Å². The zero-order chi connectivity index (χ0) is 20.9. The van der Waals surface area contributed by atoms with Crippen LogP contribution in [0.1, 0.15) is 12.8 Å². The number of nitrogens with zero attached hydrogens (tertiary/aromatic N) is 3. The minimum atomic E-state index is -4.37. The fourth-order valence-electron chi connectivity index (χ4n) is 3.41. The number of ether oxygens (including phenoxy) is 1. The number of rotatable bonds is 8. The Morgan fingerprint density at radius 3 is 2.30 bits per heavy atom. The van der Waals surface area contributed by atoms with Crippen LogP contribution in [0.15, 0.2) is 24.3 Å². The zero-order valence-electron chi connectivity index (χ0n) is 16.4. The fourth-order valence-corrected chi connectivity index (χ4v) is 4.17. The molecule has 1 aromatic carbocycles. The highest BCUT2D eigenvalue weighted by atomic mass is 35.5. The molecule has 168 valence electrons. The molecule has 0 aliphatic carbocycles. The molecule has 2 heterocycles. The normalized spacial score (nSPS) is 18.0. The van der Waals surface area contributed by atoms with Crippen LogP contribution in [0.3, 0.4) is 0 Å². The maximum atomic E-state index is 12.5. The number of thioether (sulfide) groups is 1. The second-order valence-corrected chi connectivity index (χ2v) is 7.93. The Morgan fingerprint density at radius 1 is 1.00 bits per heavy atom. The molecule has 0 saturated carbocycles. The lowest BCUT2D eigenvalue weighted by molar-refractivity contribution is -0.153. The van der Waals surface area contributed by atoms with Gasteiger partial charge >= 0.3 is 6.18 Å². The number of benzene rings is 1. The number of halogens is 4. The molecule has 2 amide bonds. The van der Waals surface area contributed by atoms with Crippen LogP contribution in [0.2, 0.25) is 0 Å². The third-order valence-corrected chi connectivity index (χ3v) is 5.77. The largest absolute Gasteiger partial charge is 0.482 e. The first-order valence-electron chi connectivity index (χ1n) is 9.56. The fraction of sp³-hybridized carbons (Fsp3) is 0.579. The van der Waals surface area contributed by atoms with E-state index in [2.05, 4.69) is 4.90 Å². The van der Waals surface area contributed by atoms with Crippen molar-refractivity contribution in [3.05, 3.63) is 24.3 Å². The lowest BCUT2D eigenvalue weighted by Crippen LogP contribution is -2.46. The minimum Gasteiger partial charge on any atom is -0.482 e. The van der Waals surface area contributed by atoms with Crippen LogP contribution >= 0.6 is 24.2 Å². The minimum absolute atomic E-state index is 0. The maximum Gasteiger partial charge on any atom is 0.422 e. The van der Waals surface area contributed by atoms with Crippen molar-refractivity contribution in [2.45, 2.75) is 19.0 Å². The summed E-state index contributed by atoms with van der Waals surface area (Å²) in [5.41, 5.74) is 0.681. The van der Waals surface area contributed by atoms with Crippen molar-refractivity contribution in [2.24, 2.45) is 0 Å². The van der Waals surface area contributed by atoms with Crippen molar-refractivity contribution >= 4 is 41.0 Å². The Hall–Kier alpha value is -1.65. The molecular formula is C19H25ClF3N3O3S. The molecule has 2 aliphatic heterocycles. The molecule has 0 N–H and O–H groups in total. The molecule has 6 nitrogen and oxygen atoms in total. The Labute approximate surface area is 184 Å². The molecule has 2 fully saturated rings. The molecule has 0 radical (unpaired) electrons. The molecule has 1 aromatic rings. The predicted octanol–water partition coefficient (Wildman–Crippen LogP) is 3.65. The summed E-state index contributed by atoms with van der Waals surface area (Å²) in [6.45, 7) is 3.02. The highest BCUT2D eigenvalue weighted by molar-refractivity contribution is 8.14. The van der Waals surface area contributed by atoms with Gasteiger partial charge in [0.05, 0.1) is 11.4 Å². The first-order valence-corrected chi connectivity index (χ1v) is 10.5. The summed E-state index contributed by atoms with van der Waals surface area (Å²) in [6.07, 6.45) is -2.71. The smallest absolute Gasteiger partial charge is 0.422 e. The zero-order valence-corrected chi connectivity index (χ0v) is 18.0. The highest BCUT2D eigenvalue weighted by Gasteiger charge is 2.30. The number of alkyl halides is 3. The topological polar surface area (TPSA) is 53.1 Å². The molecule has 2 aliphatic rings. The van der Waals surface area contributed by atoms with Crippen molar-refractivity contribution < 1.29 is 27.5 Å². The number of carbonyl (C=O) groups excluding carboxylic acids is 2. The monoisotopic (exact) mass is 467 g/mol. The molecule has 0 bridgehead atoms. The van der Waals surface area contributed by atoms with Gasteiger partial charge in [-0.05, 0) is 31.5 Å². The quantitative estimate of drug-likeness (QED) is 0.544. The number of unbranched alkanes of at least 4 members (excludes halogenated alkanes) is 1. The Balaban J connectivity index is 0.00000320. The average Bonchev–Trinajstić information content (AvgIpc) is 3.02. The summed E-state index contributed by atoms with van der Waals surface area (Å²) >= 11 is 1.05. The third kappa shape index (κ3) is 6.95. The van der Waals surface area contributed by atoms with E-state index in [1.807, 2.05) is 4.90 Å². The van der Waals surface area contributed by atoms with Gasteiger partial charge in [-0.2, -0.15) is 13.2 Å². The van der Waals surface area contributed by atoms with Crippen LogP contribution in [0, 0.1) is 0 Å². The van der Waals surface area contributed by atoms with Gasteiger partial charge in [-0.15, -0.1) is 12.4 Å². The van der Waals surface area contributed by atoms with E-state index in [0.29, 0.717) is 25.3 Å². The van der Waals surface area contributed by atoms with Gasteiger partial charge < -0.3 is 9.64 Å². The van der Waals surface area contributed by atoms with Crippen LogP contribution in [-0.2, 0) is 4.79 Å². The molecule has 30 heavy (non-hydrogen) atoms. The summed E-state index contributed by atoms with van der Waals surface area (Å²) in [7, 11) is 0. The number of hydrogen-bond donors (Lipinski definition) is 0. The van der Waals surface area contributed by atoms with E-state index in [1.54, 1.807) is 24.3 Å². The van der Waals surface area contributed by atoms with Crippen LogP contribution in [0.4, 0.5) is 23.7 Å². The van der Waals surface area contributed by atoms with Crippen LogP contribution in [-0.4, -0.2) is 78.8 Å². The number of imide groups is 1. The van der Waals surface area contributed by atoms with Crippen molar-refractivity contribution in [2.75, 3.05) is 56.5 Å². The number of piperazine rings is 1. The molecule has 3 rings (SSSR count). The van der Waals surface area contributed by atoms with E-state index in [4.69, 9.17) is 4.74 Å². The summed E-state index contributed by atoms with van der Waals surface area (Å²) in [6, 6.07) is 6.80. The second kappa shape index (κ2) is 11.1. The molecular weight excluding hydrogens is 443 g/mol.